The van der Waals surface area contributed by atoms with Crippen molar-refractivity contribution in [3.63, 3.8) is 0 Å². The van der Waals surface area contributed by atoms with E-state index in [1.54, 1.807) is 0 Å². The molecule has 0 saturated heterocycles. The topological polar surface area (TPSA) is 66.8 Å². The summed E-state index contributed by atoms with van der Waals surface area (Å²) >= 11 is 0. The average Bonchev–Trinajstić information content (AvgIpc) is 3.03. The molecule has 0 radical (unpaired) electrons. The number of unbranched alkanes of at least 4 members (excludes halogenated alkanes) is 3. The quantitative estimate of drug-likeness (QED) is 0.237. The zero-order valence-electron chi connectivity index (χ0n) is 18.2. The summed E-state index contributed by atoms with van der Waals surface area (Å²) in [5.41, 5.74) is -0.703. The molecule has 1 rings (SSSR count). The molecule has 1 fully saturated rings. The molecule has 0 bridgehead atoms. The van der Waals surface area contributed by atoms with Crippen LogP contribution in [0.5, 0.6) is 0 Å². The Hall–Kier alpha value is -1.13. The van der Waals surface area contributed by atoms with Crippen LogP contribution in [0.4, 0.5) is 0 Å². The van der Waals surface area contributed by atoms with Crippen LogP contribution >= 0.6 is 0 Å². The Kier molecular flexibility index (Phi) is 12.4. The largest absolute Gasteiger partial charge is 0.469 e. The van der Waals surface area contributed by atoms with Crippen LogP contribution in [0.15, 0.2) is 24.3 Å². The van der Waals surface area contributed by atoms with E-state index >= 15 is 0 Å². The number of ether oxygens (including phenoxy) is 1. The van der Waals surface area contributed by atoms with Crippen LogP contribution < -0.4 is 0 Å². The second kappa shape index (κ2) is 13.9. The molecule has 0 aromatic heterocycles. The molecule has 0 amide bonds. The number of hydrogen-bond donors (Lipinski definition) is 2. The van der Waals surface area contributed by atoms with Crippen molar-refractivity contribution in [1.82, 2.24) is 0 Å². The highest BCUT2D eigenvalue weighted by Gasteiger charge is 2.33. The number of esters is 1. The number of allylic oxidation sites excluding steroid dienone is 3. The fourth-order valence-electron chi connectivity index (χ4n) is 4.19. The van der Waals surface area contributed by atoms with Crippen molar-refractivity contribution in [2.75, 3.05) is 7.11 Å². The number of rotatable bonds is 14. The van der Waals surface area contributed by atoms with E-state index in [-0.39, 0.29) is 18.0 Å². The Bertz CT molecular complexity index is 485. The van der Waals surface area contributed by atoms with Crippen molar-refractivity contribution in [3.05, 3.63) is 24.3 Å². The Morgan fingerprint density at radius 1 is 1.11 bits per heavy atom. The van der Waals surface area contributed by atoms with Crippen LogP contribution in [-0.4, -0.2) is 35.0 Å². The highest BCUT2D eigenvalue weighted by molar-refractivity contribution is 5.69. The first kappa shape index (κ1) is 24.9. The maximum atomic E-state index is 11.1. The van der Waals surface area contributed by atoms with Gasteiger partial charge >= 0.3 is 5.97 Å². The lowest BCUT2D eigenvalue weighted by molar-refractivity contribution is -0.140. The van der Waals surface area contributed by atoms with E-state index in [1.807, 2.05) is 6.08 Å². The molecule has 0 aromatic carbocycles. The zero-order chi connectivity index (χ0) is 20.8. The summed E-state index contributed by atoms with van der Waals surface area (Å²) in [4.78, 5) is 11.1. The predicted molar refractivity (Wildman–Crippen MR) is 115 cm³/mol. The van der Waals surface area contributed by atoms with Crippen LogP contribution in [0, 0.1) is 11.8 Å². The summed E-state index contributed by atoms with van der Waals surface area (Å²) in [5.74, 6) is 0.377. The summed E-state index contributed by atoms with van der Waals surface area (Å²) in [6.07, 6.45) is 18.9. The SMILES string of the molecule is CCCCCC(O)(C=C[C@@H]1CCC(O)[C@H]1CC=CCCCC(=O)OC)CCC. The average molecular weight is 395 g/mol. The Morgan fingerprint density at radius 2 is 1.89 bits per heavy atom. The summed E-state index contributed by atoms with van der Waals surface area (Å²) < 4.78 is 4.64. The van der Waals surface area contributed by atoms with E-state index in [0.29, 0.717) is 12.3 Å². The Morgan fingerprint density at radius 3 is 2.57 bits per heavy atom. The fourth-order valence-corrected chi connectivity index (χ4v) is 4.19. The number of carbonyl (C=O) groups excluding carboxylic acids is 1. The minimum atomic E-state index is -0.703. The monoisotopic (exact) mass is 394 g/mol. The van der Waals surface area contributed by atoms with Crippen LogP contribution in [0.1, 0.15) is 90.9 Å². The van der Waals surface area contributed by atoms with Gasteiger partial charge in [0.25, 0.3) is 0 Å². The predicted octanol–water partition coefficient (Wildman–Crippen LogP) is 5.33. The van der Waals surface area contributed by atoms with Gasteiger partial charge in [-0.25, -0.2) is 0 Å². The van der Waals surface area contributed by atoms with Crippen LogP contribution in [0.3, 0.4) is 0 Å². The fraction of sp³-hybridized carbons (Fsp3) is 0.792. The van der Waals surface area contributed by atoms with Gasteiger partial charge in [-0.3, -0.25) is 4.79 Å². The first-order chi connectivity index (χ1) is 13.5. The molecule has 0 aliphatic heterocycles. The van der Waals surface area contributed by atoms with Gasteiger partial charge in [-0.15, -0.1) is 0 Å². The van der Waals surface area contributed by atoms with Gasteiger partial charge in [0.2, 0.25) is 0 Å². The molecule has 0 heterocycles. The van der Waals surface area contributed by atoms with E-state index in [4.69, 9.17) is 0 Å². The summed E-state index contributed by atoms with van der Waals surface area (Å²) in [6.45, 7) is 4.30. The molecule has 4 nitrogen and oxygen atoms in total. The van der Waals surface area contributed by atoms with Crippen molar-refractivity contribution in [3.8, 4) is 0 Å². The Balaban J connectivity index is 2.55. The highest BCUT2D eigenvalue weighted by Crippen LogP contribution is 2.37. The molecule has 1 saturated carbocycles. The third-order valence-corrected chi connectivity index (χ3v) is 5.94. The van der Waals surface area contributed by atoms with Gasteiger partial charge in [-0.05, 0) is 56.8 Å². The van der Waals surface area contributed by atoms with E-state index in [9.17, 15) is 15.0 Å². The van der Waals surface area contributed by atoms with Gasteiger partial charge in [0.05, 0.1) is 18.8 Å². The molecule has 0 aromatic rings. The number of aliphatic hydroxyl groups is 2. The maximum absolute atomic E-state index is 11.1. The third kappa shape index (κ3) is 9.38. The van der Waals surface area contributed by atoms with E-state index in [1.165, 1.54) is 7.11 Å². The molecule has 28 heavy (non-hydrogen) atoms. The summed E-state index contributed by atoms with van der Waals surface area (Å²) in [5, 5.41) is 21.4. The van der Waals surface area contributed by atoms with E-state index in [2.05, 4.69) is 36.8 Å². The minimum absolute atomic E-state index is 0.164. The van der Waals surface area contributed by atoms with E-state index in [0.717, 1.165) is 70.6 Å². The summed E-state index contributed by atoms with van der Waals surface area (Å²) in [6, 6.07) is 0. The van der Waals surface area contributed by atoms with Crippen molar-refractivity contribution < 1.29 is 19.7 Å². The number of hydrogen-bond acceptors (Lipinski definition) is 4. The molecule has 0 spiro atoms. The molecular formula is C24H42O4. The first-order valence-electron chi connectivity index (χ1n) is 11.3. The van der Waals surface area contributed by atoms with Crippen molar-refractivity contribution in [2.24, 2.45) is 11.8 Å². The second-order valence-electron chi connectivity index (χ2n) is 8.32. The number of carbonyl (C=O) groups is 1. The Labute approximate surface area is 172 Å². The lowest BCUT2D eigenvalue weighted by atomic mass is 9.86. The molecular weight excluding hydrogens is 352 g/mol. The smallest absolute Gasteiger partial charge is 0.305 e. The molecule has 4 heteroatoms. The lowest BCUT2D eigenvalue weighted by Gasteiger charge is -2.26. The van der Waals surface area contributed by atoms with Gasteiger partial charge in [-0.2, -0.15) is 0 Å². The van der Waals surface area contributed by atoms with Crippen molar-refractivity contribution in [2.45, 2.75) is 103 Å². The highest BCUT2D eigenvalue weighted by atomic mass is 16.5. The van der Waals surface area contributed by atoms with Gasteiger partial charge in [-0.1, -0.05) is 63.8 Å². The number of aliphatic hydroxyl groups excluding tert-OH is 1. The molecule has 2 unspecified atom stereocenters. The maximum Gasteiger partial charge on any atom is 0.305 e. The van der Waals surface area contributed by atoms with Crippen molar-refractivity contribution >= 4 is 5.97 Å². The molecule has 4 atom stereocenters. The van der Waals surface area contributed by atoms with Crippen molar-refractivity contribution in [1.29, 1.82) is 0 Å². The molecule has 2 N–H and O–H groups in total. The molecule has 1 aliphatic carbocycles. The normalized spacial score (nSPS) is 24.8. The van der Waals surface area contributed by atoms with Gasteiger partial charge in [0, 0.05) is 6.42 Å². The summed E-state index contributed by atoms with van der Waals surface area (Å²) in [7, 11) is 1.42. The molecule has 1 aliphatic rings. The van der Waals surface area contributed by atoms with Crippen LogP contribution in [0.25, 0.3) is 0 Å². The van der Waals surface area contributed by atoms with Crippen LogP contribution in [-0.2, 0) is 9.53 Å². The lowest BCUT2D eigenvalue weighted by Crippen LogP contribution is -2.26. The van der Waals surface area contributed by atoms with Gasteiger partial charge < -0.3 is 14.9 Å². The minimum Gasteiger partial charge on any atom is -0.469 e. The number of methoxy groups -OCH3 is 1. The van der Waals surface area contributed by atoms with E-state index < -0.39 is 5.60 Å². The third-order valence-electron chi connectivity index (χ3n) is 5.94. The molecule has 162 valence electrons. The standard InChI is InChI=1S/C24H42O4/c1-4-6-11-18-24(27,17-5-2)19-16-20-14-15-22(25)21(20)12-9-7-8-10-13-23(26)28-3/h7,9,16,19-22,25,27H,4-6,8,10-15,17-18H2,1-3H3/t20-,21-,22?,24?/m0/s1. The second-order valence-corrected chi connectivity index (χ2v) is 8.32. The zero-order valence-corrected chi connectivity index (χ0v) is 18.2. The van der Waals surface area contributed by atoms with Crippen LogP contribution in [0.2, 0.25) is 0 Å². The van der Waals surface area contributed by atoms with Gasteiger partial charge in [0.15, 0.2) is 0 Å². The first-order valence-corrected chi connectivity index (χ1v) is 11.3. The van der Waals surface area contributed by atoms with Gasteiger partial charge in [0.1, 0.15) is 0 Å².